The minimum atomic E-state index is 0.307. The molecule has 0 aliphatic heterocycles. The minimum absolute atomic E-state index is 0.307. The lowest BCUT2D eigenvalue weighted by Gasteiger charge is -2.08. The quantitative estimate of drug-likeness (QED) is 0.877. The van der Waals surface area contributed by atoms with E-state index in [0.29, 0.717) is 17.7 Å². The number of ether oxygens (including phenoxy) is 1. The summed E-state index contributed by atoms with van der Waals surface area (Å²) < 4.78 is 7.61. The molecule has 0 aliphatic rings. The van der Waals surface area contributed by atoms with Gasteiger partial charge in [-0.1, -0.05) is 6.92 Å². The van der Waals surface area contributed by atoms with Crippen molar-refractivity contribution in [3.8, 4) is 11.6 Å². The second-order valence-electron chi connectivity index (χ2n) is 4.74. The molecule has 6 heteroatoms. The molecule has 0 bridgehead atoms. The molecule has 0 saturated heterocycles. The number of nitrogens with one attached hydrogen (secondary N) is 1. The van der Waals surface area contributed by atoms with E-state index >= 15 is 0 Å². The van der Waals surface area contributed by atoms with Crippen LogP contribution in [0.1, 0.15) is 39.6 Å². The summed E-state index contributed by atoms with van der Waals surface area (Å²) >= 11 is 0. The summed E-state index contributed by atoms with van der Waals surface area (Å²) in [7, 11) is 0. The Labute approximate surface area is 119 Å². The highest BCUT2D eigenvalue weighted by atomic mass is 16.5. The number of aryl methyl sites for hydroxylation is 1. The Bertz CT molecular complexity index is 564. The Morgan fingerprint density at radius 2 is 2.10 bits per heavy atom. The van der Waals surface area contributed by atoms with Crippen molar-refractivity contribution in [3.63, 3.8) is 0 Å². The molecule has 0 amide bonds. The summed E-state index contributed by atoms with van der Waals surface area (Å²) in [6, 6.07) is 2.11. The first kappa shape index (κ1) is 14.3. The lowest BCUT2D eigenvalue weighted by atomic mass is 10.4. The van der Waals surface area contributed by atoms with Gasteiger partial charge < -0.3 is 10.1 Å². The van der Waals surface area contributed by atoms with Crippen molar-refractivity contribution in [1.82, 2.24) is 19.7 Å². The lowest BCUT2D eigenvalue weighted by Crippen LogP contribution is -2.04. The molecule has 0 radical (unpaired) electrons. The van der Waals surface area contributed by atoms with Crippen LogP contribution in [0.4, 0.5) is 5.82 Å². The molecule has 0 spiro atoms. The summed E-state index contributed by atoms with van der Waals surface area (Å²) in [5.41, 5.74) is 0. The number of hydrogen-bond acceptors (Lipinski definition) is 5. The molecule has 1 N–H and O–H groups in total. The maximum atomic E-state index is 5.76. The fourth-order valence-corrected chi connectivity index (χ4v) is 1.73. The van der Waals surface area contributed by atoms with E-state index in [1.165, 1.54) is 0 Å². The number of anilines is 1. The standard InChI is InChI=1S/C14H21N5O/c1-5-12-17-13(15-6-2)7-14(18-12)20-11-8-16-19(9-11)10(3)4/h7-10H,5-6H2,1-4H3,(H,15,17,18). The summed E-state index contributed by atoms with van der Waals surface area (Å²) in [6.07, 6.45) is 4.33. The Hall–Kier alpha value is -2.11. The molecule has 0 fully saturated rings. The Balaban J connectivity index is 2.20. The SMILES string of the molecule is CCNc1cc(Oc2cnn(C(C)C)c2)nc(CC)n1. The summed E-state index contributed by atoms with van der Waals surface area (Å²) in [4.78, 5) is 8.77. The van der Waals surface area contributed by atoms with Gasteiger partial charge in [-0.05, 0) is 20.8 Å². The zero-order valence-electron chi connectivity index (χ0n) is 12.4. The second-order valence-corrected chi connectivity index (χ2v) is 4.74. The van der Waals surface area contributed by atoms with E-state index in [4.69, 9.17) is 4.74 Å². The Kier molecular flexibility index (Phi) is 4.55. The van der Waals surface area contributed by atoms with E-state index in [1.807, 2.05) is 24.7 Å². The molecular formula is C14H21N5O. The number of hydrogen-bond donors (Lipinski definition) is 1. The van der Waals surface area contributed by atoms with Gasteiger partial charge >= 0.3 is 0 Å². The van der Waals surface area contributed by atoms with Crippen LogP contribution >= 0.6 is 0 Å². The monoisotopic (exact) mass is 275 g/mol. The Morgan fingerprint density at radius 1 is 1.30 bits per heavy atom. The van der Waals surface area contributed by atoms with Gasteiger partial charge in [-0.25, -0.2) is 4.98 Å². The number of rotatable bonds is 6. The lowest BCUT2D eigenvalue weighted by molar-refractivity contribution is 0.455. The minimum Gasteiger partial charge on any atom is -0.436 e. The van der Waals surface area contributed by atoms with Crippen molar-refractivity contribution in [1.29, 1.82) is 0 Å². The average Bonchev–Trinajstić information content (AvgIpc) is 2.87. The normalized spacial score (nSPS) is 10.8. The summed E-state index contributed by atoms with van der Waals surface area (Å²) in [5.74, 6) is 2.76. The van der Waals surface area contributed by atoms with Crippen LogP contribution in [0.15, 0.2) is 18.5 Å². The highest BCUT2D eigenvalue weighted by Crippen LogP contribution is 2.22. The topological polar surface area (TPSA) is 64.9 Å². The molecule has 2 heterocycles. The summed E-state index contributed by atoms with van der Waals surface area (Å²) in [5, 5.41) is 7.43. The highest BCUT2D eigenvalue weighted by molar-refractivity contribution is 5.39. The van der Waals surface area contributed by atoms with Crippen molar-refractivity contribution in [2.45, 2.75) is 40.2 Å². The van der Waals surface area contributed by atoms with Crippen LogP contribution in [0.2, 0.25) is 0 Å². The second kappa shape index (κ2) is 6.36. The van der Waals surface area contributed by atoms with Gasteiger partial charge in [0.1, 0.15) is 11.6 Å². The van der Waals surface area contributed by atoms with Crippen LogP contribution in [0.3, 0.4) is 0 Å². The van der Waals surface area contributed by atoms with E-state index in [-0.39, 0.29) is 0 Å². The van der Waals surface area contributed by atoms with Crippen LogP contribution in [0.25, 0.3) is 0 Å². The molecule has 0 atom stereocenters. The predicted octanol–water partition coefficient (Wildman–Crippen LogP) is 3.04. The van der Waals surface area contributed by atoms with Crippen molar-refractivity contribution in [3.05, 3.63) is 24.3 Å². The number of aromatic nitrogens is 4. The molecule has 0 saturated carbocycles. The van der Waals surface area contributed by atoms with Crippen molar-refractivity contribution < 1.29 is 4.74 Å². The van der Waals surface area contributed by atoms with Crippen LogP contribution in [-0.4, -0.2) is 26.3 Å². The third kappa shape index (κ3) is 3.46. The van der Waals surface area contributed by atoms with Gasteiger partial charge in [-0.2, -0.15) is 10.1 Å². The molecule has 20 heavy (non-hydrogen) atoms. The van der Waals surface area contributed by atoms with Gasteiger partial charge in [0.2, 0.25) is 5.88 Å². The van der Waals surface area contributed by atoms with Gasteiger partial charge in [0.15, 0.2) is 5.75 Å². The van der Waals surface area contributed by atoms with Gasteiger partial charge in [-0.15, -0.1) is 0 Å². The third-order valence-corrected chi connectivity index (χ3v) is 2.75. The van der Waals surface area contributed by atoms with Crippen LogP contribution < -0.4 is 10.1 Å². The van der Waals surface area contributed by atoms with Gasteiger partial charge in [-0.3, -0.25) is 4.68 Å². The smallest absolute Gasteiger partial charge is 0.224 e. The molecular weight excluding hydrogens is 254 g/mol. The molecule has 2 aromatic rings. The van der Waals surface area contributed by atoms with E-state index < -0.39 is 0 Å². The van der Waals surface area contributed by atoms with E-state index in [1.54, 1.807) is 12.3 Å². The maximum Gasteiger partial charge on any atom is 0.224 e. The van der Waals surface area contributed by atoms with Crippen molar-refractivity contribution in [2.75, 3.05) is 11.9 Å². The van der Waals surface area contributed by atoms with E-state index in [9.17, 15) is 0 Å². The summed E-state index contributed by atoms with van der Waals surface area (Å²) in [6.45, 7) is 9.00. The first-order chi connectivity index (χ1) is 9.62. The highest BCUT2D eigenvalue weighted by Gasteiger charge is 2.08. The molecule has 2 rings (SSSR count). The van der Waals surface area contributed by atoms with Gasteiger partial charge in [0.05, 0.1) is 12.4 Å². The third-order valence-electron chi connectivity index (χ3n) is 2.75. The van der Waals surface area contributed by atoms with E-state index in [0.717, 1.165) is 24.6 Å². The fourth-order valence-electron chi connectivity index (χ4n) is 1.73. The van der Waals surface area contributed by atoms with Gasteiger partial charge in [0, 0.05) is 25.1 Å². The fraction of sp³-hybridized carbons (Fsp3) is 0.500. The molecule has 6 nitrogen and oxygen atoms in total. The molecule has 0 unspecified atom stereocenters. The molecule has 2 aromatic heterocycles. The molecule has 0 aliphatic carbocycles. The predicted molar refractivity (Wildman–Crippen MR) is 78.3 cm³/mol. The molecule has 108 valence electrons. The average molecular weight is 275 g/mol. The first-order valence-electron chi connectivity index (χ1n) is 6.96. The Morgan fingerprint density at radius 3 is 2.70 bits per heavy atom. The van der Waals surface area contributed by atoms with Gasteiger partial charge in [0.25, 0.3) is 0 Å². The van der Waals surface area contributed by atoms with Crippen LogP contribution in [0, 0.1) is 0 Å². The van der Waals surface area contributed by atoms with Crippen LogP contribution in [-0.2, 0) is 6.42 Å². The molecule has 0 aromatic carbocycles. The largest absolute Gasteiger partial charge is 0.436 e. The maximum absolute atomic E-state index is 5.76. The van der Waals surface area contributed by atoms with E-state index in [2.05, 4.69) is 34.2 Å². The zero-order valence-corrected chi connectivity index (χ0v) is 12.4. The zero-order chi connectivity index (χ0) is 14.5. The van der Waals surface area contributed by atoms with Crippen molar-refractivity contribution in [2.24, 2.45) is 0 Å². The number of nitrogens with zero attached hydrogens (tertiary/aromatic N) is 4. The van der Waals surface area contributed by atoms with Crippen molar-refractivity contribution >= 4 is 5.82 Å². The van der Waals surface area contributed by atoms with Crippen LogP contribution in [0.5, 0.6) is 11.6 Å². The first-order valence-corrected chi connectivity index (χ1v) is 6.96.